The summed E-state index contributed by atoms with van der Waals surface area (Å²) in [5, 5.41) is 0. The predicted molar refractivity (Wildman–Crippen MR) is 150 cm³/mol. The van der Waals surface area contributed by atoms with Gasteiger partial charge in [-0.2, -0.15) is 0 Å². The van der Waals surface area contributed by atoms with Crippen LogP contribution in [0.25, 0.3) is 0 Å². The van der Waals surface area contributed by atoms with Crippen LogP contribution in [0.4, 0.5) is 0 Å². The van der Waals surface area contributed by atoms with Gasteiger partial charge >= 0.3 is 24.3 Å². The van der Waals surface area contributed by atoms with Crippen molar-refractivity contribution in [2.24, 2.45) is 0 Å². The predicted octanol–water partition coefficient (Wildman–Crippen LogP) is 6.16. The molecule has 0 fully saturated rings. The molecule has 1 radical (unpaired) electrons. The quantitative estimate of drug-likeness (QED) is 0.133. The summed E-state index contributed by atoms with van der Waals surface area (Å²) in [5.41, 5.74) is -0.336. The third-order valence-corrected chi connectivity index (χ3v) is 22.1. The Bertz CT molecular complexity index is 637. The first-order chi connectivity index (χ1) is 14.5. The molecule has 0 aliphatic heterocycles. The van der Waals surface area contributed by atoms with Gasteiger partial charge in [0.25, 0.3) is 0 Å². The molecular weight excluding hydrogens is 521 g/mol. The molecular formula is C20H49O7Si6. The van der Waals surface area contributed by atoms with Gasteiger partial charge in [-0.1, -0.05) is 20.4 Å². The highest BCUT2D eigenvalue weighted by Crippen LogP contribution is 2.31. The molecule has 0 rings (SSSR count). The number of hydrogen-bond donors (Lipinski definition) is 0. The van der Waals surface area contributed by atoms with Crippen LogP contribution >= 0.6 is 0 Å². The number of ether oxygens (including phenoxy) is 1. The molecule has 0 aliphatic rings. The van der Waals surface area contributed by atoms with Crippen molar-refractivity contribution in [2.45, 2.75) is 111 Å². The molecule has 195 valence electrons. The molecule has 0 aromatic carbocycles. The summed E-state index contributed by atoms with van der Waals surface area (Å²) in [7, 11) is -14.2. The van der Waals surface area contributed by atoms with Crippen LogP contribution in [-0.2, 0) is 30.1 Å². The van der Waals surface area contributed by atoms with Crippen LogP contribution in [0.2, 0.25) is 78.1 Å². The lowest BCUT2D eigenvalue weighted by Gasteiger charge is -2.44. The van der Waals surface area contributed by atoms with E-state index in [-0.39, 0.29) is 0 Å². The number of carbonyl (C=O) groups is 1. The highest BCUT2D eigenvalue weighted by molar-refractivity contribution is 6.89. The van der Waals surface area contributed by atoms with E-state index >= 15 is 0 Å². The fraction of sp³-hybridized carbons (Fsp3) is 0.850. The van der Waals surface area contributed by atoms with Crippen LogP contribution in [0.15, 0.2) is 12.2 Å². The minimum absolute atomic E-state index is 0.331. The van der Waals surface area contributed by atoms with Gasteiger partial charge in [0.05, 0.1) is 0 Å². The van der Waals surface area contributed by atoms with Crippen molar-refractivity contribution < 1.29 is 30.1 Å². The van der Waals surface area contributed by atoms with Gasteiger partial charge in [-0.05, 0) is 91.4 Å². The van der Waals surface area contributed by atoms with Gasteiger partial charge in [0.15, 0.2) is 39.0 Å². The average molecular weight is 570 g/mol. The van der Waals surface area contributed by atoms with Crippen LogP contribution in [-0.4, -0.2) is 63.3 Å². The maximum atomic E-state index is 12.6. The van der Waals surface area contributed by atoms with Gasteiger partial charge in [0.2, 0.25) is 0 Å². The number of rotatable bonds is 15. The van der Waals surface area contributed by atoms with Crippen LogP contribution in [0, 0.1) is 0 Å². The molecule has 0 N–H and O–H groups in total. The molecule has 0 amide bonds. The van der Waals surface area contributed by atoms with Crippen molar-refractivity contribution in [2.75, 3.05) is 0 Å². The Morgan fingerprint density at radius 1 is 0.788 bits per heavy atom. The molecule has 0 spiro atoms. The van der Waals surface area contributed by atoms with E-state index in [0.29, 0.717) is 12.0 Å². The van der Waals surface area contributed by atoms with E-state index < -0.39 is 63.3 Å². The summed E-state index contributed by atoms with van der Waals surface area (Å²) in [5.74, 6) is -0.468. The molecule has 0 heterocycles. The zero-order valence-electron chi connectivity index (χ0n) is 23.6. The lowest BCUT2D eigenvalue weighted by atomic mass is 10.4. The van der Waals surface area contributed by atoms with Crippen molar-refractivity contribution in [3.8, 4) is 0 Å². The Balaban J connectivity index is 6.69. The molecule has 1 atom stereocenters. The molecule has 33 heavy (non-hydrogen) atoms. The molecule has 1 unspecified atom stereocenters. The second-order valence-corrected chi connectivity index (χ2v) is 35.2. The first kappa shape index (κ1) is 33.3. The Labute approximate surface area is 210 Å². The Morgan fingerprint density at radius 2 is 1.24 bits per heavy atom. The van der Waals surface area contributed by atoms with Gasteiger partial charge in [-0.3, -0.25) is 0 Å². The summed E-state index contributed by atoms with van der Waals surface area (Å²) in [6.07, 6.45) is 0.497. The fourth-order valence-electron chi connectivity index (χ4n) is 2.47. The highest BCUT2D eigenvalue weighted by Gasteiger charge is 2.59. The Morgan fingerprint density at radius 3 is 1.55 bits per heavy atom. The van der Waals surface area contributed by atoms with E-state index in [4.69, 9.17) is 25.3 Å². The van der Waals surface area contributed by atoms with Gasteiger partial charge in [-0.15, -0.1) is 0 Å². The van der Waals surface area contributed by atoms with Gasteiger partial charge in [0.1, 0.15) is 0 Å². The van der Waals surface area contributed by atoms with Crippen LogP contribution in [0.5, 0.6) is 0 Å². The van der Waals surface area contributed by atoms with Gasteiger partial charge < -0.3 is 25.3 Å². The van der Waals surface area contributed by atoms with E-state index in [1.807, 2.05) is 6.92 Å². The summed E-state index contributed by atoms with van der Waals surface area (Å²) >= 11 is 0. The zero-order valence-corrected chi connectivity index (χ0v) is 29.6. The van der Waals surface area contributed by atoms with E-state index in [1.165, 1.54) is 0 Å². The largest absolute Gasteiger partial charge is 0.547 e. The SMILES string of the molecule is C=C(C)C(=O)OC(CC)[Si](O[Si](O[Si](C)(C)C)O[Si](C)(C)CC)(O[Si](C)(C)C)O[Si](C)(C)C. The minimum atomic E-state index is -3.60. The number of carbonyl (C=O) groups excluding carboxylic acids is 1. The molecule has 13 heteroatoms. The summed E-state index contributed by atoms with van der Waals surface area (Å²) in [6.45, 7) is 32.7. The normalized spacial score (nSPS) is 15.0. The Hall–Kier alpha value is 0.311. The van der Waals surface area contributed by atoms with E-state index in [0.717, 1.165) is 6.04 Å². The lowest BCUT2D eigenvalue weighted by molar-refractivity contribution is -0.143. The molecule has 0 aromatic rings. The third kappa shape index (κ3) is 13.8. The molecule has 0 bridgehead atoms. The monoisotopic (exact) mass is 569 g/mol. The Kier molecular flexibility index (Phi) is 12.6. The topological polar surface area (TPSA) is 72.5 Å². The third-order valence-electron chi connectivity index (χ3n) is 4.09. The molecule has 0 aromatic heterocycles. The second-order valence-electron chi connectivity index (χ2n) is 11.9. The smallest absolute Gasteiger partial charge is 0.455 e. The van der Waals surface area contributed by atoms with Gasteiger partial charge in [0, 0.05) is 5.57 Å². The van der Waals surface area contributed by atoms with Crippen molar-refractivity contribution >= 4 is 57.6 Å². The standard InChI is InChI=1S/C20H49O7Si6/c1-16-19(22-20(21)18(3)4)33(26-30(8,9)10,27-31(11,12)13)25-28(23-29(5,6)7)24-32(14,15)17-2/h19H,3,16-17H2,1-2,4-15H3. The fourth-order valence-corrected chi connectivity index (χ4v) is 20.2. The summed E-state index contributed by atoms with van der Waals surface area (Å²) in [4.78, 5) is 12.6. The van der Waals surface area contributed by atoms with Gasteiger partial charge in [-0.25, -0.2) is 4.79 Å². The first-order valence-corrected chi connectivity index (χ1v) is 28.1. The van der Waals surface area contributed by atoms with Crippen molar-refractivity contribution in [3.05, 3.63) is 12.2 Å². The highest BCUT2D eigenvalue weighted by atomic mass is 28.5. The van der Waals surface area contributed by atoms with E-state index in [9.17, 15) is 4.79 Å². The van der Waals surface area contributed by atoms with Crippen LogP contribution < -0.4 is 0 Å². The minimum Gasteiger partial charge on any atom is -0.455 e. The van der Waals surface area contributed by atoms with E-state index in [2.05, 4.69) is 85.5 Å². The maximum absolute atomic E-state index is 12.6. The first-order valence-electron chi connectivity index (χ1n) is 11.8. The molecule has 7 nitrogen and oxygen atoms in total. The van der Waals surface area contributed by atoms with E-state index in [1.54, 1.807) is 6.92 Å². The molecule has 0 saturated carbocycles. The summed E-state index contributed by atoms with van der Waals surface area (Å²) < 4.78 is 39.4. The molecule has 0 aliphatic carbocycles. The second kappa shape index (κ2) is 12.5. The number of esters is 1. The molecule has 0 saturated heterocycles. The zero-order chi connectivity index (χ0) is 26.5. The maximum Gasteiger partial charge on any atom is 0.547 e. The van der Waals surface area contributed by atoms with Crippen LogP contribution in [0.3, 0.4) is 0 Å². The van der Waals surface area contributed by atoms with Crippen LogP contribution in [0.1, 0.15) is 27.2 Å². The number of hydrogen-bond acceptors (Lipinski definition) is 7. The summed E-state index contributed by atoms with van der Waals surface area (Å²) in [6, 6.07) is 0.930. The van der Waals surface area contributed by atoms with Crippen molar-refractivity contribution in [1.82, 2.24) is 0 Å². The average Bonchev–Trinajstić information content (AvgIpc) is 2.53. The van der Waals surface area contributed by atoms with Crippen molar-refractivity contribution in [1.29, 1.82) is 0 Å². The van der Waals surface area contributed by atoms with Crippen molar-refractivity contribution in [3.63, 3.8) is 0 Å². The lowest BCUT2D eigenvalue weighted by Crippen LogP contribution is -2.68.